The third-order valence-electron chi connectivity index (χ3n) is 5.40. The summed E-state index contributed by atoms with van der Waals surface area (Å²) < 4.78 is 8.18. The Morgan fingerprint density at radius 2 is 2.00 bits per heavy atom. The Morgan fingerprint density at radius 3 is 2.79 bits per heavy atom. The summed E-state index contributed by atoms with van der Waals surface area (Å²) in [5.74, 6) is 1.88. The molecule has 0 aliphatic carbocycles. The molecule has 1 aliphatic heterocycles. The maximum Gasteiger partial charge on any atom is 0.194 e. The van der Waals surface area contributed by atoms with Gasteiger partial charge in [-0.1, -0.05) is 36.4 Å². The van der Waals surface area contributed by atoms with Crippen LogP contribution in [-0.4, -0.2) is 47.2 Å². The van der Waals surface area contributed by atoms with Crippen molar-refractivity contribution in [3.63, 3.8) is 0 Å². The maximum absolute atomic E-state index is 6.05. The second kappa shape index (κ2) is 8.02. The highest BCUT2D eigenvalue weighted by Crippen LogP contribution is 2.25. The van der Waals surface area contributed by atoms with Crippen LogP contribution in [0, 0.1) is 6.92 Å². The van der Waals surface area contributed by atoms with Crippen LogP contribution in [0.5, 0.6) is 0 Å². The van der Waals surface area contributed by atoms with Crippen LogP contribution in [0.4, 0.5) is 0 Å². The molecule has 3 aromatic rings. The van der Waals surface area contributed by atoms with Crippen molar-refractivity contribution < 1.29 is 4.74 Å². The fourth-order valence-corrected chi connectivity index (χ4v) is 3.82. The minimum atomic E-state index is 0.0595. The van der Waals surface area contributed by atoms with Gasteiger partial charge >= 0.3 is 0 Å². The standard InChI is InChI=1S/C22H27N5O/c1-16-8-4-5-9-17(16)20-15-27(12-13-28-20)22(23-2)24-14-21-25-18-10-6-7-11-19(18)26(21)3/h4-11,20H,12-15H2,1-3H3,(H,23,24). The number of imidazole rings is 1. The zero-order valence-corrected chi connectivity index (χ0v) is 16.7. The van der Waals surface area contributed by atoms with Gasteiger partial charge in [-0.25, -0.2) is 4.98 Å². The van der Waals surface area contributed by atoms with E-state index in [0.29, 0.717) is 13.2 Å². The van der Waals surface area contributed by atoms with Gasteiger partial charge in [0.2, 0.25) is 0 Å². The summed E-state index contributed by atoms with van der Waals surface area (Å²) >= 11 is 0. The Bertz CT molecular complexity index is 994. The number of aryl methyl sites for hydroxylation is 2. The number of nitrogens with one attached hydrogen (secondary N) is 1. The summed E-state index contributed by atoms with van der Waals surface area (Å²) in [6, 6.07) is 16.6. The minimum Gasteiger partial charge on any atom is -0.370 e. The predicted octanol–water partition coefficient (Wildman–Crippen LogP) is 3.03. The van der Waals surface area contributed by atoms with Crippen LogP contribution < -0.4 is 5.32 Å². The normalized spacial score (nSPS) is 17.9. The number of fused-ring (bicyclic) bond motifs is 1. The van der Waals surface area contributed by atoms with E-state index in [-0.39, 0.29) is 6.10 Å². The van der Waals surface area contributed by atoms with Crippen LogP contribution in [-0.2, 0) is 18.3 Å². The number of hydrogen-bond acceptors (Lipinski definition) is 3. The molecular formula is C22H27N5O. The molecule has 6 nitrogen and oxygen atoms in total. The second-order valence-electron chi connectivity index (χ2n) is 7.14. The molecule has 1 saturated heterocycles. The Hall–Kier alpha value is -2.86. The lowest BCUT2D eigenvalue weighted by atomic mass is 10.0. The quantitative estimate of drug-likeness (QED) is 0.563. The van der Waals surface area contributed by atoms with Crippen LogP contribution in [0.2, 0.25) is 0 Å². The third kappa shape index (κ3) is 3.60. The van der Waals surface area contributed by atoms with Crippen LogP contribution in [0.3, 0.4) is 0 Å². The molecule has 1 unspecified atom stereocenters. The average molecular weight is 377 g/mol. The number of benzene rings is 2. The molecule has 6 heteroatoms. The Kier molecular flexibility index (Phi) is 5.30. The monoisotopic (exact) mass is 377 g/mol. The first-order valence-electron chi connectivity index (χ1n) is 9.70. The van der Waals surface area contributed by atoms with Crippen molar-refractivity contribution in [3.05, 3.63) is 65.5 Å². The first kappa shape index (κ1) is 18.5. The molecule has 28 heavy (non-hydrogen) atoms. The van der Waals surface area contributed by atoms with Gasteiger partial charge in [0.05, 0.1) is 30.7 Å². The summed E-state index contributed by atoms with van der Waals surface area (Å²) in [6.45, 7) is 5.06. The maximum atomic E-state index is 6.05. The topological polar surface area (TPSA) is 54.7 Å². The van der Waals surface area contributed by atoms with Crippen molar-refractivity contribution in [1.82, 2.24) is 19.8 Å². The number of para-hydroxylation sites is 2. The van der Waals surface area contributed by atoms with Gasteiger partial charge in [0.15, 0.2) is 5.96 Å². The molecule has 1 fully saturated rings. The van der Waals surface area contributed by atoms with Crippen molar-refractivity contribution in [2.75, 3.05) is 26.7 Å². The number of guanidine groups is 1. The lowest BCUT2D eigenvalue weighted by Crippen LogP contribution is -2.48. The number of aliphatic imine (C=N–C) groups is 1. The molecule has 2 heterocycles. The Morgan fingerprint density at radius 1 is 1.21 bits per heavy atom. The molecule has 1 aromatic heterocycles. The van der Waals surface area contributed by atoms with E-state index in [9.17, 15) is 0 Å². The van der Waals surface area contributed by atoms with Crippen molar-refractivity contribution in [1.29, 1.82) is 0 Å². The van der Waals surface area contributed by atoms with Gasteiger partial charge in [0, 0.05) is 20.6 Å². The molecule has 1 atom stereocenters. The molecule has 146 valence electrons. The lowest BCUT2D eigenvalue weighted by Gasteiger charge is -2.35. The summed E-state index contributed by atoms with van der Waals surface area (Å²) in [4.78, 5) is 11.5. The van der Waals surface area contributed by atoms with E-state index >= 15 is 0 Å². The molecule has 2 aromatic carbocycles. The van der Waals surface area contributed by atoms with Crippen LogP contribution >= 0.6 is 0 Å². The van der Waals surface area contributed by atoms with Gasteiger partial charge in [-0.05, 0) is 30.2 Å². The Labute approximate surface area is 165 Å². The molecule has 1 aliphatic rings. The van der Waals surface area contributed by atoms with Crippen LogP contribution in [0.25, 0.3) is 11.0 Å². The van der Waals surface area contributed by atoms with E-state index in [0.717, 1.165) is 35.9 Å². The fraction of sp³-hybridized carbons (Fsp3) is 0.364. The summed E-state index contributed by atoms with van der Waals surface area (Å²) in [5, 5.41) is 3.48. The molecule has 1 N–H and O–H groups in total. The largest absolute Gasteiger partial charge is 0.370 e. The van der Waals surface area contributed by atoms with Gasteiger partial charge < -0.3 is 19.5 Å². The molecule has 0 amide bonds. The molecule has 0 bridgehead atoms. The molecule has 4 rings (SSSR count). The van der Waals surface area contributed by atoms with Gasteiger partial charge in [-0.15, -0.1) is 0 Å². The van der Waals surface area contributed by atoms with E-state index in [2.05, 4.69) is 64.1 Å². The summed E-state index contributed by atoms with van der Waals surface area (Å²) in [7, 11) is 3.88. The number of morpholine rings is 1. The smallest absolute Gasteiger partial charge is 0.194 e. The van der Waals surface area contributed by atoms with Crippen molar-refractivity contribution >= 4 is 17.0 Å². The van der Waals surface area contributed by atoms with E-state index in [4.69, 9.17) is 9.72 Å². The lowest BCUT2D eigenvalue weighted by molar-refractivity contribution is -0.00835. The minimum absolute atomic E-state index is 0.0595. The summed E-state index contributed by atoms with van der Waals surface area (Å²) in [5.41, 5.74) is 4.66. The fourth-order valence-electron chi connectivity index (χ4n) is 3.82. The molecular weight excluding hydrogens is 350 g/mol. The van der Waals surface area contributed by atoms with Gasteiger partial charge in [-0.2, -0.15) is 0 Å². The number of hydrogen-bond donors (Lipinski definition) is 1. The van der Waals surface area contributed by atoms with Gasteiger partial charge in [0.1, 0.15) is 11.9 Å². The predicted molar refractivity (Wildman–Crippen MR) is 112 cm³/mol. The highest BCUT2D eigenvalue weighted by Gasteiger charge is 2.25. The first-order chi connectivity index (χ1) is 13.7. The van der Waals surface area contributed by atoms with E-state index < -0.39 is 0 Å². The molecule has 0 radical (unpaired) electrons. The second-order valence-corrected chi connectivity index (χ2v) is 7.14. The van der Waals surface area contributed by atoms with Gasteiger partial charge in [0.25, 0.3) is 0 Å². The number of ether oxygens (including phenoxy) is 1. The van der Waals surface area contributed by atoms with Crippen LogP contribution in [0.1, 0.15) is 23.1 Å². The zero-order chi connectivity index (χ0) is 19.5. The molecule has 0 spiro atoms. The third-order valence-corrected chi connectivity index (χ3v) is 5.40. The van der Waals surface area contributed by atoms with Crippen molar-refractivity contribution in [2.24, 2.45) is 12.0 Å². The van der Waals surface area contributed by atoms with E-state index in [1.165, 1.54) is 11.1 Å². The number of rotatable bonds is 3. The van der Waals surface area contributed by atoms with Crippen molar-refractivity contribution in [3.8, 4) is 0 Å². The highest BCUT2D eigenvalue weighted by molar-refractivity contribution is 5.80. The SMILES string of the molecule is CN=C(NCc1nc2ccccc2n1C)N1CCOC(c2ccccc2C)C1. The van der Waals surface area contributed by atoms with Gasteiger partial charge in [-0.3, -0.25) is 4.99 Å². The Balaban J connectivity index is 1.46. The zero-order valence-electron chi connectivity index (χ0n) is 16.7. The summed E-state index contributed by atoms with van der Waals surface area (Å²) in [6.07, 6.45) is 0.0595. The highest BCUT2D eigenvalue weighted by atomic mass is 16.5. The van der Waals surface area contributed by atoms with E-state index in [1.807, 2.05) is 25.2 Å². The number of aromatic nitrogens is 2. The first-order valence-corrected chi connectivity index (χ1v) is 9.70. The number of nitrogens with zero attached hydrogens (tertiary/aromatic N) is 4. The molecule has 0 saturated carbocycles. The average Bonchev–Trinajstić information content (AvgIpc) is 3.05. The van der Waals surface area contributed by atoms with Crippen LogP contribution in [0.15, 0.2) is 53.5 Å². The van der Waals surface area contributed by atoms with E-state index in [1.54, 1.807) is 0 Å². The van der Waals surface area contributed by atoms with Crippen molar-refractivity contribution in [2.45, 2.75) is 19.6 Å².